The van der Waals surface area contributed by atoms with Gasteiger partial charge in [-0.1, -0.05) is 24.5 Å². The number of nitrogens with zero attached hydrogens (tertiary/aromatic N) is 3. The SMILES string of the molecule is CC#CC(=O)N1CC(S(=O)(=O)c2ccc(N3CC(CN4CCC([C@@](CNC(C)=O)(c5cccc(F)c5)[C@H]5CCC[C@@H]5CC(=O)OC)CC4)C3)cc2)C1. The number of halogens is 1. The Kier molecular flexibility index (Phi) is 11.6. The number of rotatable bonds is 12. The number of esters is 1. The van der Waals surface area contributed by atoms with Crippen LogP contribution in [0, 0.1) is 41.3 Å². The second kappa shape index (κ2) is 16.0. The van der Waals surface area contributed by atoms with Crippen molar-refractivity contribution >= 4 is 33.3 Å². The molecule has 52 heavy (non-hydrogen) atoms. The van der Waals surface area contributed by atoms with Crippen LogP contribution in [-0.2, 0) is 34.4 Å². The van der Waals surface area contributed by atoms with E-state index in [-0.39, 0.29) is 59.3 Å². The van der Waals surface area contributed by atoms with Gasteiger partial charge in [-0.3, -0.25) is 14.4 Å². The highest BCUT2D eigenvalue weighted by atomic mass is 32.2. The molecule has 4 fully saturated rings. The van der Waals surface area contributed by atoms with Gasteiger partial charge in [-0.05, 0) is 111 Å². The fourth-order valence-electron chi connectivity index (χ4n) is 9.35. The van der Waals surface area contributed by atoms with E-state index in [1.54, 1.807) is 31.2 Å². The second-order valence-corrected chi connectivity index (χ2v) is 17.4. The first-order valence-electron chi connectivity index (χ1n) is 18.5. The molecule has 2 amide bonds. The van der Waals surface area contributed by atoms with E-state index in [0.717, 1.165) is 76.1 Å². The van der Waals surface area contributed by atoms with E-state index in [2.05, 4.69) is 27.0 Å². The maximum Gasteiger partial charge on any atom is 0.305 e. The number of nitrogens with one attached hydrogen (secondary N) is 1. The number of hydrogen-bond acceptors (Lipinski definition) is 8. The van der Waals surface area contributed by atoms with Gasteiger partial charge in [-0.2, -0.15) is 0 Å². The summed E-state index contributed by atoms with van der Waals surface area (Å²) in [6.45, 7) is 8.37. The maximum absolute atomic E-state index is 14.9. The number of hydrogen-bond donors (Lipinski definition) is 1. The standard InChI is InChI=1S/C40H51FN4O6S/c1-4-7-38(47)45-25-36(26-45)52(49,50)35-14-12-34(13-15-35)44-23-29(24-44)22-43-18-16-31(17-19-43)40(27-42-28(2)46,32-9-6-10-33(41)21-32)37-11-5-8-30(37)20-39(48)51-3/h6,9-10,12-15,21,29-31,36-37H,5,8,11,16-20,22-27H2,1-3H3,(H,42,46)/t30-,37+,40+/m1/s1. The lowest BCUT2D eigenvalue weighted by Gasteiger charge is -2.51. The Labute approximate surface area is 307 Å². The minimum atomic E-state index is -3.53. The number of anilines is 1. The van der Waals surface area contributed by atoms with Crippen molar-refractivity contribution in [2.45, 2.75) is 67.9 Å². The van der Waals surface area contributed by atoms with Gasteiger partial charge < -0.3 is 24.8 Å². The molecule has 0 aromatic heterocycles. The van der Waals surface area contributed by atoms with Crippen LogP contribution in [0.3, 0.4) is 0 Å². The molecule has 1 aliphatic carbocycles. The lowest BCUT2D eigenvalue weighted by molar-refractivity contribution is -0.142. The highest BCUT2D eigenvalue weighted by Gasteiger charge is 2.52. The molecule has 3 saturated heterocycles. The zero-order valence-electron chi connectivity index (χ0n) is 30.5. The van der Waals surface area contributed by atoms with Gasteiger partial charge in [0, 0.05) is 69.6 Å². The van der Waals surface area contributed by atoms with Gasteiger partial charge in [0.15, 0.2) is 9.84 Å². The summed E-state index contributed by atoms with van der Waals surface area (Å²) >= 11 is 0. The van der Waals surface area contributed by atoms with E-state index in [1.807, 2.05) is 18.2 Å². The third-order valence-corrected chi connectivity index (χ3v) is 14.2. The fraction of sp³-hybridized carbons (Fsp3) is 0.575. The average molecular weight is 735 g/mol. The summed E-state index contributed by atoms with van der Waals surface area (Å²) in [4.78, 5) is 43.3. The first-order chi connectivity index (χ1) is 24.9. The summed E-state index contributed by atoms with van der Waals surface area (Å²) in [5.74, 6) is 4.92. The number of methoxy groups -OCH3 is 1. The van der Waals surface area contributed by atoms with Crippen LogP contribution >= 0.6 is 0 Å². The van der Waals surface area contributed by atoms with E-state index >= 15 is 0 Å². The highest BCUT2D eigenvalue weighted by molar-refractivity contribution is 7.92. The van der Waals surface area contributed by atoms with Crippen LogP contribution in [0.25, 0.3) is 0 Å². The topological polar surface area (TPSA) is 116 Å². The quantitative estimate of drug-likeness (QED) is 0.257. The third kappa shape index (κ3) is 7.86. The van der Waals surface area contributed by atoms with Crippen molar-refractivity contribution in [1.82, 2.24) is 15.1 Å². The van der Waals surface area contributed by atoms with Crippen LogP contribution < -0.4 is 10.2 Å². The van der Waals surface area contributed by atoms with Crippen molar-refractivity contribution in [3.63, 3.8) is 0 Å². The van der Waals surface area contributed by atoms with Crippen molar-refractivity contribution in [2.75, 3.05) is 64.4 Å². The van der Waals surface area contributed by atoms with Crippen molar-refractivity contribution in [2.24, 2.45) is 23.7 Å². The van der Waals surface area contributed by atoms with Crippen LogP contribution in [0.1, 0.15) is 57.9 Å². The van der Waals surface area contributed by atoms with Gasteiger partial charge in [-0.25, -0.2) is 12.8 Å². The fourth-order valence-corrected chi connectivity index (χ4v) is 11.0. The van der Waals surface area contributed by atoms with Gasteiger partial charge >= 0.3 is 5.97 Å². The minimum absolute atomic E-state index is 0.0951. The number of piperidine rings is 1. The Morgan fingerprint density at radius 2 is 1.71 bits per heavy atom. The number of carbonyl (C=O) groups excluding carboxylic acids is 3. The Balaban J connectivity index is 1.07. The molecule has 280 valence electrons. The Morgan fingerprint density at radius 3 is 2.35 bits per heavy atom. The summed E-state index contributed by atoms with van der Waals surface area (Å²) < 4.78 is 46.2. The number of benzene rings is 2. The molecule has 6 rings (SSSR count). The number of sulfone groups is 1. The van der Waals surface area contributed by atoms with Gasteiger partial charge in [0.25, 0.3) is 5.91 Å². The number of likely N-dealkylation sites (tertiary alicyclic amines) is 2. The first-order valence-corrected chi connectivity index (χ1v) is 20.1. The summed E-state index contributed by atoms with van der Waals surface area (Å²) in [5, 5.41) is 2.52. The molecule has 0 unspecified atom stereocenters. The minimum Gasteiger partial charge on any atom is -0.469 e. The molecule has 3 atom stereocenters. The predicted octanol–water partition coefficient (Wildman–Crippen LogP) is 4.04. The molecule has 3 heterocycles. The number of amides is 2. The number of carbonyl (C=O) groups is 3. The molecule has 4 aliphatic rings. The molecular formula is C40H51FN4O6S. The zero-order chi connectivity index (χ0) is 37.0. The molecule has 3 aliphatic heterocycles. The second-order valence-electron chi connectivity index (χ2n) is 15.1. The normalized spacial score (nSPS) is 22.8. The summed E-state index contributed by atoms with van der Waals surface area (Å²) in [6.07, 6.45) is 4.94. The van der Waals surface area contributed by atoms with E-state index in [1.165, 1.54) is 25.0 Å². The Bertz CT molecular complexity index is 1790. The summed E-state index contributed by atoms with van der Waals surface area (Å²) in [5.41, 5.74) is 1.39. The summed E-state index contributed by atoms with van der Waals surface area (Å²) in [7, 11) is -2.11. The maximum atomic E-state index is 14.9. The van der Waals surface area contributed by atoms with Gasteiger partial charge in [0.05, 0.1) is 12.0 Å². The molecule has 1 N–H and O–H groups in total. The third-order valence-electron chi connectivity index (χ3n) is 12.1. The first kappa shape index (κ1) is 37.8. The molecule has 0 spiro atoms. The lowest BCUT2D eigenvalue weighted by atomic mass is 9.57. The van der Waals surface area contributed by atoms with Crippen molar-refractivity contribution in [3.8, 4) is 11.8 Å². The highest BCUT2D eigenvalue weighted by Crippen LogP contribution is 2.53. The molecule has 0 bridgehead atoms. The zero-order valence-corrected chi connectivity index (χ0v) is 31.3. The smallest absolute Gasteiger partial charge is 0.305 e. The lowest BCUT2D eigenvalue weighted by Crippen LogP contribution is -2.56. The van der Waals surface area contributed by atoms with Crippen molar-refractivity contribution in [1.29, 1.82) is 0 Å². The van der Waals surface area contributed by atoms with Crippen molar-refractivity contribution in [3.05, 3.63) is 59.9 Å². The molecule has 10 nitrogen and oxygen atoms in total. The molecule has 2 aromatic carbocycles. The molecule has 12 heteroatoms. The largest absolute Gasteiger partial charge is 0.469 e. The molecule has 1 saturated carbocycles. The molecule has 0 radical (unpaired) electrons. The van der Waals surface area contributed by atoms with Crippen LogP contribution in [-0.4, -0.2) is 101 Å². The van der Waals surface area contributed by atoms with Crippen LogP contribution in [0.15, 0.2) is 53.4 Å². The molecular weight excluding hydrogens is 684 g/mol. The predicted molar refractivity (Wildman–Crippen MR) is 197 cm³/mol. The van der Waals surface area contributed by atoms with E-state index in [0.29, 0.717) is 18.9 Å². The Hall–Kier alpha value is -3.95. The van der Waals surface area contributed by atoms with Crippen LogP contribution in [0.4, 0.5) is 10.1 Å². The Morgan fingerprint density at radius 1 is 1.00 bits per heavy atom. The van der Waals surface area contributed by atoms with Crippen LogP contribution in [0.2, 0.25) is 0 Å². The van der Waals surface area contributed by atoms with Crippen molar-refractivity contribution < 1.29 is 31.9 Å². The van der Waals surface area contributed by atoms with Gasteiger partial charge in [0.1, 0.15) is 11.1 Å². The van der Waals surface area contributed by atoms with Gasteiger partial charge in [0.2, 0.25) is 5.91 Å². The molecule has 2 aromatic rings. The summed E-state index contributed by atoms with van der Waals surface area (Å²) in [6, 6.07) is 14.0. The van der Waals surface area contributed by atoms with E-state index < -0.39 is 20.5 Å². The van der Waals surface area contributed by atoms with E-state index in [9.17, 15) is 27.2 Å². The van der Waals surface area contributed by atoms with E-state index in [4.69, 9.17) is 4.74 Å². The number of ether oxygens (including phenoxy) is 1. The van der Waals surface area contributed by atoms with Gasteiger partial charge in [-0.15, -0.1) is 0 Å². The van der Waals surface area contributed by atoms with Crippen LogP contribution in [0.5, 0.6) is 0 Å². The average Bonchev–Trinajstić information content (AvgIpc) is 3.54. The monoisotopic (exact) mass is 734 g/mol.